The zero-order valence-electron chi connectivity index (χ0n) is 10.4. The zero-order valence-corrected chi connectivity index (χ0v) is 11.2. The Morgan fingerprint density at radius 2 is 2.17 bits per heavy atom. The summed E-state index contributed by atoms with van der Waals surface area (Å²) >= 11 is 1.81. The fourth-order valence-electron chi connectivity index (χ4n) is 2.51. The number of thiophene rings is 1. The molecule has 1 aliphatic heterocycles. The molecule has 1 aromatic carbocycles. The van der Waals surface area contributed by atoms with Gasteiger partial charge >= 0.3 is 0 Å². The zero-order chi connectivity index (χ0) is 12.2. The van der Waals surface area contributed by atoms with Crippen LogP contribution in [0, 0.1) is 0 Å². The molecule has 0 saturated heterocycles. The van der Waals surface area contributed by atoms with Gasteiger partial charge in [-0.05, 0) is 41.1 Å². The highest BCUT2D eigenvalue weighted by atomic mass is 32.1. The molecule has 0 bridgehead atoms. The van der Waals surface area contributed by atoms with Crippen LogP contribution >= 0.6 is 11.3 Å². The second kappa shape index (κ2) is 5.65. The topological polar surface area (TPSA) is 24.1 Å². The number of fused-ring (bicyclic) bond motifs is 1. The summed E-state index contributed by atoms with van der Waals surface area (Å²) < 4.78 is 0. The summed E-state index contributed by atoms with van der Waals surface area (Å²) in [4.78, 5) is 1.40. The summed E-state index contributed by atoms with van der Waals surface area (Å²) in [5.74, 6) is 0. The number of hydrogen-bond acceptors (Lipinski definition) is 3. The highest BCUT2D eigenvalue weighted by Gasteiger charge is 2.11. The predicted molar refractivity (Wildman–Crippen MR) is 76.7 cm³/mol. The van der Waals surface area contributed by atoms with Crippen molar-refractivity contribution in [1.29, 1.82) is 0 Å². The van der Waals surface area contributed by atoms with Crippen LogP contribution in [0.4, 0.5) is 0 Å². The van der Waals surface area contributed by atoms with E-state index >= 15 is 0 Å². The van der Waals surface area contributed by atoms with Crippen LogP contribution < -0.4 is 10.6 Å². The number of rotatable bonds is 4. The lowest BCUT2D eigenvalue weighted by Crippen LogP contribution is -2.25. The minimum Gasteiger partial charge on any atom is -0.312 e. The third-order valence-corrected chi connectivity index (χ3v) is 4.31. The second-order valence-corrected chi connectivity index (χ2v) is 5.70. The van der Waals surface area contributed by atoms with Crippen molar-refractivity contribution in [3.05, 3.63) is 57.3 Å². The van der Waals surface area contributed by atoms with Gasteiger partial charge in [-0.1, -0.05) is 24.3 Å². The molecule has 1 aliphatic rings. The van der Waals surface area contributed by atoms with Gasteiger partial charge in [0.05, 0.1) is 0 Å². The van der Waals surface area contributed by atoms with Crippen LogP contribution in [0.25, 0.3) is 0 Å². The fourth-order valence-corrected chi connectivity index (χ4v) is 3.18. The number of benzene rings is 1. The van der Waals surface area contributed by atoms with Gasteiger partial charge in [0.1, 0.15) is 0 Å². The fraction of sp³-hybridized carbons (Fsp3) is 0.333. The summed E-state index contributed by atoms with van der Waals surface area (Å²) in [6, 6.07) is 11.0. The molecule has 18 heavy (non-hydrogen) atoms. The van der Waals surface area contributed by atoms with E-state index in [1.807, 2.05) is 11.3 Å². The first-order chi connectivity index (χ1) is 8.93. The lowest BCUT2D eigenvalue weighted by atomic mass is 9.95. The molecular formula is C15H18N2S. The van der Waals surface area contributed by atoms with E-state index < -0.39 is 0 Å². The van der Waals surface area contributed by atoms with Gasteiger partial charge in [0.2, 0.25) is 0 Å². The molecule has 2 heterocycles. The normalized spacial score (nSPS) is 14.4. The molecule has 0 unspecified atom stereocenters. The smallest absolute Gasteiger partial charge is 0.0302 e. The Hall–Kier alpha value is -1.16. The lowest BCUT2D eigenvalue weighted by molar-refractivity contribution is 0.627. The highest BCUT2D eigenvalue weighted by Crippen LogP contribution is 2.18. The molecular weight excluding hydrogens is 240 g/mol. The Morgan fingerprint density at radius 3 is 3.06 bits per heavy atom. The average molecular weight is 258 g/mol. The van der Waals surface area contributed by atoms with Crippen molar-refractivity contribution < 1.29 is 0 Å². The SMILES string of the molecule is c1csc(CNCc2cccc3c2CCNC3)c1. The van der Waals surface area contributed by atoms with Gasteiger partial charge in [-0.15, -0.1) is 11.3 Å². The first kappa shape index (κ1) is 11.9. The molecule has 2 N–H and O–H groups in total. The lowest BCUT2D eigenvalue weighted by Gasteiger charge is -2.20. The molecule has 94 valence electrons. The van der Waals surface area contributed by atoms with Gasteiger partial charge < -0.3 is 10.6 Å². The van der Waals surface area contributed by atoms with Crippen molar-refractivity contribution in [3.8, 4) is 0 Å². The van der Waals surface area contributed by atoms with E-state index in [2.05, 4.69) is 46.3 Å². The molecule has 0 radical (unpaired) electrons. The van der Waals surface area contributed by atoms with Gasteiger partial charge in [-0.3, -0.25) is 0 Å². The first-order valence-electron chi connectivity index (χ1n) is 6.47. The van der Waals surface area contributed by atoms with Crippen LogP contribution in [-0.2, 0) is 26.1 Å². The van der Waals surface area contributed by atoms with E-state index in [1.54, 1.807) is 5.56 Å². The van der Waals surface area contributed by atoms with Crippen molar-refractivity contribution in [2.45, 2.75) is 26.1 Å². The Balaban J connectivity index is 1.65. The molecule has 0 aliphatic carbocycles. The Labute approximate surface area is 112 Å². The molecule has 2 nitrogen and oxygen atoms in total. The molecule has 1 aromatic heterocycles. The van der Waals surface area contributed by atoms with Crippen molar-refractivity contribution >= 4 is 11.3 Å². The molecule has 0 fully saturated rings. The third-order valence-electron chi connectivity index (χ3n) is 3.43. The highest BCUT2D eigenvalue weighted by molar-refractivity contribution is 7.09. The van der Waals surface area contributed by atoms with Gasteiger partial charge in [-0.25, -0.2) is 0 Å². The van der Waals surface area contributed by atoms with E-state index in [1.165, 1.54) is 16.0 Å². The minimum atomic E-state index is 0.972. The quantitative estimate of drug-likeness (QED) is 0.881. The van der Waals surface area contributed by atoms with E-state index in [0.29, 0.717) is 0 Å². The molecule has 3 rings (SSSR count). The van der Waals surface area contributed by atoms with E-state index in [4.69, 9.17) is 0 Å². The van der Waals surface area contributed by atoms with E-state index in [0.717, 1.165) is 32.6 Å². The maximum absolute atomic E-state index is 3.54. The summed E-state index contributed by atoms with van der Waals surface area (Å²) in [7, 11) is 0. The van der Waals surface area contributed by atoms with E-state index in [-0.39, 0.29) is 0 Å². The van der Waals surface area contributed by atoms with Gasteiger partial charge in [0, 0.05) is 24.5 Å². The van der Waals surface area contributed by atoms with Crippen molar-refractivity contribution in [1.82, 2.24) is 10.6 Å². The van der Waals surface area contributed by atoms with Crippen LogP contribution in [0.15, 0.2) is 35.7 Å². The monoisotopic (exact) mass is 258 g/mol. The van der Waals surface area contributed by atoms with Crippen molar-refractivity contribution in [2.24, 2.45) is 0 Å². The largest absolute Gasteiger partial charge is 0.312 e. The van der Waals surface area contributed by atoms with Crippen LogP contribution in [0.1, 0.15) is 21.6 Å². The summed E-state index contributed by atoms with van der Waals surface area (Å²) in [6.45, 7) is 4.07. The summed E-state index contributed by atoms with van der Waals surface area (Å²) in [5.41, 5.74) is 4.48. The predicted octanol–water partition coefficient (Wildman–Crippen LogP) is 2.68. The number of nitrogens with one attached hydrogen (secondary N) is 2. The van der Waals surface area contributed by atoms with Crippen molar-refractivity contribution in [2.75, 3.05) is 6.54 Å². The standard InChI is InChI=1S/C15H18N2S/c1-3-12-9-16-7-6-15(12)13(4-1)10-17-11-14-5-2-8-18-14/h1-5,8,16-17H,6-7,9-11H2. The summed E-state index contributed by atoms with van der Waals surface area (Å²) in [6.07, 6.45) is 1.16. The Kier molecular flexibility index (Phi) is 3.74. The minimum absolute atomic E-state index is 0.972. The molecule has 2 aromatic rings. The molecule has 0 spiro atoms. The molecule has 0 atom stereocenters. The van der Waals surface area contributed by atoms with Crippen LogP contribution in [0.3, 0.4) is 0 Å². The second-order valence-electron chi connectivity index (χ2n) is 4.66. The van der Waals surface area contributed by atoms with Crippen LogP contribution in [0.2, 0.25) is 0 Å². The number of hydrogen-bond donors (Lipinski definition) is 2. The van der Waals surface area contributed by atoms with Crippen LogP contribution in [-0.4, -0.2) is 6.54 Å². The molecule has 0 saturated carbocycles. The first-order valence-corrected chi connectivity index (χ1v) is 7.35. The third kappa shape index (κ3) is 2.64. The van der Waals surface area contributed by atoms with Gasteiger partial charge in [-0.2, -0.15) is 0 Å². The maximum atomic E-state index is 3.54. The van der Waals surface area contributed by atoms with Gasteiger partial charge in [0.15, 0.2) is 0 Å². The summed E-state index contributed by atoms with van der Waals surface area (Å²) in [5, 5.41) is 9.10. The van der Waals surface area contributed by atoms with Gasteiger partial charge in [0.25, 0.3) is 0 Å². The Morgan fingerprint density at radius 1 is 1.17 bits per heavy atom. The van der Waals surface area contributed by atoms with Crippen LogP contribution in [0.5, 0.6) is 0 Å². The molecule has 0 amide bonds. The molecule has 3 heteroatoms. The Bertz CT molecular complexity index is 505. The maximum Gasteiger partial charge on any atom is 0.0302 e. The van der Waals surface area contributed by atoms with Crippen molar-refractivity contribution in [3.63, 3.8) is 0 Å². The van der Waals surface area contributed by atoms with E-state index in [9.17, 15) is 0 Å². The average Bonchev–Trinajstić information content (AvgIpc) is 2.92.